The molecule has 31 unspecified atom stereocenters. The third-order valence-corrected chi connectivity index (χ3v) is 19.8. The smallest absolute Gasteiger partial charge is 0.187 e. The van der Waals surface area contributed by atoms with Crippen LogP contribution in [0.2, 0.25) is 0 Å². The zero-order valence-electron chi connectivity index (χ0n) is 44.7. The summed E-state index contributed by atoms with van der Waals surface area (Å²) < 4.78 is 93.9. The molecule has 0 aromatic heterocycles. The van der Waals surface area contributed by atoms with Crippen molar-refractivity contribution in [2.75, 3.05) is 27.4 Å². The van der Waals surface area contributed by atoms with Gasteiger partial charge in [0.15, 0.2) is 43.0 Å². The third-order valence-electron chi connectivity index (χ3n) is 19.8. The average Bonchev–Trinajstić information content (AvgIpc) is 4.05. The van der Waals surface area contributed by atoms with Crippen molar-refractivity contribution in [1.29, 1.82) is 0 Å². The summed E-state index contributed by atoms with van der Waals surface area (Å²) in [5.74, 6) is -0.196. The van der Waals surface area contributed by atoms with E-state index in [-0.39, 0.29) is 54.1 Å². The summed E-state index contributed by atoms with van der Waals surface area (Å²) in [5.41, 5.74) is 1.42. The van der Waals surface area contributed by atoms with Crippen molar-refractivity contribution in [3.05, 3.63) is 11.6 Å². The fraction of sp³-hybridized carbons (Fsp3) is 0.962. The van der Waals surface area contributed by atoms with Gasteiger partial charge in [0.2, 0.25) is 0 Å². The number of ether oxygens (including phenoxy) is 15. The molecular formula is C53H84O22. The zero-order valence-corrected chi connectivity index (χ0v) is 44.7. The van der Waals surface area contributed by atoms with Gasteiger partial charge in [-0.25, -0.2) is 0 Å². The van der Waals surface area contributed by atoms with E-state index in [2.05, 4.69) is 26.8 Å². The topological polar surface area (TPSA) is 280 Å². The molecule has 428 valence electrons. The number of aliphatic hydroxyl groups is 7. The molecule has 0 amide bonds. The van der Waals surface area contributed by atoms with Crippen LogP contribution in [0, 0.1) is 28.6 Å². The quantitative estimate of drug-likeness (QED) is 0.127. The predicted octanol–water partition coefficient (Wildman–Crippen LogP) is 1.02. The maximum atomic E-state index is 11.6. The molecule has 2 saturated carbocycles. The Morgan fingerprint density at radius 2 is 1.23 bits per heavy atom. The lowest BCUT2D eigenvalue weighted by atomic mass is 9.48. The number of allylic oxidation sites excluding steroid dienone is 1. The predicted molar refractivity (Wildman–Crippen MR) is 254 cm³/mol. The van der Waals surface area contributed by atoms with Gasteiger partial charge < -0.3 is 107 Å². The summed E-state index contributed by atoms with van der Waals surface area (Å²) in [4.78, 5) is 0. The van der Waals surface area contributed by atoms with Gasteiger partial charge in [-0.05, 0) is 84.5 Å². The molecule has 22 heteroatoms. The van der Waals surface area contributed by atoms with Crippen LogP contribution in [0.3, 0.4) is 0 Å². The summed E-state index contributed by atoms with van der Waals surface area (Å²) in [6.07, 6.45) is -13.4. The first-order valence-electron chi connectivity index (χ1n) is 27.7. The average molecular weight is 1070 g/mol. The van der Waals surface area contributed by atoms with Crippen LogP contribution < -0.4 is 0 Å². The molecule has 10 fully saturated rings. The van der Waals surface area contributed by atoms with E-state index in [1.165, 1.54) is 12.7 Å². The summed E-state index contributed by atoms with van der Waals surface area (Å²) in [5, 5.41) is 75.1. The molecule has 8 saturated heterocycles. The third kappa shape index (κ3) is 9.34. The van der Waals surface area contributed by atoms with Gasteiger partial charge in [-0.3, -0.25) is 0 Å². The molecule has 8 heterocycles. The molecular weight excluding hydrogens is 989 g/mol. The highest BCUT2D eigenvalue weighted by molar-refractivity contribution is 5.30. The van der Waals surface area contributed by atoms with E-state index in [0.717, 1.165) is 38.5 Å². The van der Waals surface area contributed by atoms with Crippen LogP contribution >= 0.6 is 0 Å². The van der Waals surface area contributed by atoms with E-state index in [4.69, 9.17) is 71.1 Å². The van der Waals surface area contributed by atoms with Gasteiger partial charge in [0.1, 0.15) is 61.0 Å². The van der Waals surface area contributed by atoms with E-state index in [1.807, 2.05) is 13.8 Å². The molecule has 75 heavy (non-hydrogen) atoms. The fourth-order valence-electron chi connectivity index (χ4n) is 16.0. The van der Waals surface area contributed by atoms with E-state index in [1.54, 1.807) is 21.0 Å². The molecule has 31 atom stereocenters. The highest BCUT2D eigenvalue weighted by Crippen LogP contribution is 2.76. The first-order valence-corrected chi connectivity index (χ1v) is 27.7. The molecule has 0 aromatic rings. The Labute approximate surface area is 438 Å². The molecule has 0 radical (unpaired) electrons. The fourth-order valence-corrected chi connectivity index (χ4v) is 16.0. The summed E-state index contributed by atoms with van der Waals surface area (Å²) in [7, 11) is 2.92. The Morgan fingerprint density at radius 1 is 0.613 bits per heavy atom. The highest BCUT2D eigenvalue weighted by atomic mass is 16.8. The molecule has 22 nitrogen and oxygen atoms in total. The lowest BCUT2D eigenvalue weighted by Crippen LogP contribution is -2.65. The van der Waals surface area contributed by atoms with E-state index < -0.39 is 153 Å². The van der Waals surface area contributed by atoms with Gasteiger partial charge in [-0.1, -0.05) is 25.5 Å². The number of aliphatic hydroxyl groups excluding tert-OH is 7. The molecule has 11 rings (SSSR count). The minimum absolute atomic E-state index is 0.00388. The number of hydrogen-bond acceptors (Lipinski definition) is 22. The lowest BCUT2D eigenvalue weighted by Gasteiger charge is -2.59. The van der Waals surface area contributed by atoms with Crippen LogP contribution in [-0.4, -0.2) is 222 Å². The second-order valence-corrected chi connectivity index (χ2v) is 24.2. The Bertz CT molecular complexity index is 2010. The molecule has 0 spiro atoms. The normalized spacial score (nSPS) is 57.5. The zero-order chi connectivity index (χ0) is 53.3. The largest absolute Gasteiger partial charge is 0.394 e. The van der Waals surface area contributed by atoms with Crippen molar-refractivity contribution in [3.8, 4) is 0 Å². The minimum atomic E-state index is -1.68. The molecule has 8 aliphatic heterocycles. The minimum Gasteiger partial charge on any atom is -0.394 e. The molecule has 2 bridgehead atoms. The van der Waals surface area contributed by atoms with Gasteiger partial charge in [0.05, 0.1) is 74.1 Å². The van der Waals surface area contributed by atoms with Gasteiger partial charge in [-0.2, -0.15) is 0 Å². The van der Waals surface area contributed by atoms with Crippen molar-refractivity contribution in [2.24, 2.45) is 28.6 Å². The van der Waals surface area contributed by atoms with Gasteiger partial charge in [-0.15, -0.1) is 0 Å². The Hall–Kier alpha value is -1.14. The van der Waals surface area contributed by atoms with Crippen LogP contribution in [0.25, 0.3) is 0 Å². The van der Waals surface area contributed by atoms with E-state index in [0.29, 0.717) is 12.5 Å². The summed E-state index contributed by atoms with van der Waals surface area (Å²) >= 11 is 0. The molecule has 3 aliphatic carbocycles. The summed E-state index contributed by atoms with van der Waals surface area (Å²) in [6.45, 7) is 14.0. The van der Waals surface area contributed by atoms with Gasteiger partial charge >= 0.3 is 0 Å². The first-order chi connectivity index (χ1) is 35.6. The molecule has 11 aliphatic rings. The Kier molecular flexibility index (Phi) is 15.6. The Balaban J connectivity index is 0.643. The van der Waals surface area contributed by atoms with Crippen molar-refractivity contribution >= 4 is 0 Å². The van der Waals surface area contributed by atoms with Crippen LogP contribution in [0.1, 0.15) is 106 Å². The molecule has 0 aromatic carbocycles. The monoisotopic (exact) mass is 1070 g/mol. The second kappa shape index (κ2) is 21.0. The van der Waals surface area contributed by atoms with Crippen molar-refractivity contribution in [2.45, 2.75) is 265 Å². The van der Waals surface area contributed by atoms with Crippen LogP contribution in [0.5, 0.6) is 0 Å². The number of methoxy groups -OCH3 is 2. The lowest BCUT2D eigenvalue weighted by molar-refractivity contribution is -0.373. The van der Waals surface area contributed by atoms with Gasteiger partial charge in [0, 0.05) is 44.8 Å². The number of fused-ring (bicyclic) bond motifs is 3. The van der Waals surface area contributed by atoms with Crippen molar-refractivity contribution in [1.82, 2.24) is 0 Å². The standard InChI is InChI=1S/C53H84O22/c1-22-42(30(55)17-35(64-22)68-27-12-14-50(5)26(16-27)10-11-29-28(50)13-15-51(6)47-34-21-63-52(47,7)75-53(29,51)74-34)70-37-19-32(61-8)44(24(3)66-37)71-36-18-31(56)43(23(2)65-36)72-49-41(60)46(62-9)45(25(4)67-49)73-48-40(59)39(58)38(57)33(20-54)69-48/h10,22-25,27-49,54-60H,11-21H2,1-9H3. The molecule has 7 N–H and O–H groups in total. The maximum Gasteiger partial charge on any atom is 0.187 e. The van der Waals surface area contributed by atoms with Crippen molar-refractivity contribution in [3.63, 3.8) is 0 Å². The van der Waals surface area contributed by atoms with Crippen molar-refractivity contribution < 1.29 is 107 Å². The highest BCUT2D eigenvalue weighted by Gasteiger charge is 2.83. The van der Waals surface area contributed by atoms with Crippen LogP contribution in [-0.2, 0) is 71.1 Å². The maximum absolute atomic E-state index is 11.6. The SMILES string of the molecule is COC1CC(OC2C(O)CC(OC3CCC4(C)C(=CCC5C4CCC4(C)C6C7COC6(C)OC54O7)C3)OC2C)OC(C)C1OC1CC(O)C(OC2OC(C)C(OC3OC(CO)C(O)C(O)C3O)C(OC)C2O)C(C)O1. The second-order valence-electron chi connectivity index (χ2n) is 24.2. The van der Waals surface area contributed by atoms with E-state index >= 15 is 0 Å². The van der Waals surface area contributed by atoms with E-state index in [9.17, 15) is 35.7 Å². The first kappa shape index (κ1) is 55.8. The van der Waals surface area contributed by atoms with Gasteiger partial charge in [0.25, 0.3) is 0 Å². The number of hydrogen-bond donors (Lipinski definition) is 7. The number of rotatable bonds is 13. The summed E-state index contributed by atoms with van der Waals surface area (Å²) in [6, 6.07) is 0. The van der Waals surface area contributed by atoms with Crippen LogP contribution in [0.4, 0.5) is 0 Å². The Morgan fingerprint density at radius 3 is 1.88 bits per heavy atom. The van der Waals surface area contributed by atoms with Crippen LogP contribution in [0.15, 0.2) is 11.6 Å².